The number of phosphoric ester groups is 1. The van der Waals surface area contributed by atoms with Crippen LogP contribution >= 0.6 is 7.82 Å². The van der Waals surface area contributed by atoms with Gasteiger partial charge in [0.15, 0.2) is 5.72 Å². The molecule has 1 fully saturated rings. The predicted octanol–water partition coefficient (Wildman–Crippen LogP) is 2.80. The smallest absolute Gasteiger partial charge is 0.469 e. The van der Waals surface area contributed by atoms with Crippen LogP contribution in [0.3, 0.4) is 0 Å². The van der Waals surface area contributed by atoms with Crippen molar-refractivity contribution in [3.05, 3.63) is 134 Å². The summed E-state index contributed by atoms with van der Waals surface area (Å²) >= 11 is 0. The molecule has 0 amide bonds. The maximum Gasteiger partial charge on any atom is 0.469 e. The summed E-state index contributed by atoms with van der Waals surface area (Å²) < 4.78 is 30.6. The van der Waals surface area contributed by atoms with E-state index in [2.05, 4.69) is 4.98 Å². The normalized spacial score (nSPS) is 20.9. The Morgan fingerprint density at radius 3 is 2.02 bits per heavy atom. The highest BCUT2D eigenvalue weighted by Gasteiger charge is 2.64. The average molecular weight is 595 g/mol. The molecule has 1 aliphatic rings. The number of hydrogen-bond acceptors (Lipinski definition) is 7. The summed E-state index contributed by atoms with van der Waals surface area (Å²) in [4.78, 5) is 48.2. The fourth-order valence-corrected chi connectivity index (χ4v) is 6.58. The van der Waals surface area contributed by atoms with Gasteiger partial charge in [0.2, 0.25) is 0 Å². The number of H-pyrrole nitrogens is 1. The van der Waals surface area contributed by atoms with Crippen LogP contribution in [0.1, 0.15) is 28.7 Å². The highest BCUT2D eigenvalue weighted by molar-refractivity contribution is 7.46. The van der Waals surface area contributed by atoms with Crippen molar-refractivity contribution in [3.8, 4) is 5.75 Å². The predicted molar refractivity (Wildman–Crippen MR) is 153 cm³/mol. The van der Waals surface area contributed by atoms with Gasteiger partial charge in [-0.2, -0.15) is 0 Å². The zero-order valence-electron chi connectivity index (χ0n) is 22.9. The van der Waals surface area contributed by atoms with Gasteiger partial charge in [0.1, 0.15) is 18.0 Å². The van der Waals surface area contributed by atoms with Gasteiger partial charge in [-0.15, -0.1) is 0 Å². The van der Waals surface area contributed by atoms with Gasteiger partial charge in [-0.05, 0) is 35.7 Å². The Morgan fingerprint density at radius 2 is 1.52 bits per heavy atom. The number of aromatic amines is 1. The summed E-state index contributed by atoms with van der Waals surface area (Å²) in [7, 11) is -3.54. The fraction of sp³-hybridized carbons (Fsp3) is 0.267. The van der Waals surface area contributed by atoms with Gasteiger partial charge in [-0.25, -0.2) is 9.36 Å². The third kappa shape index (κ3) is 5.05. The molecule has 0 radical (unpaired) electrons. The molecule has 4 N–H and O–H groups in total. The van der Waals surface area contributed by atoms with Gasteiger partial charge in [0, 0.05) is 18.2 Å². The maximum absolute atomic E-state index is 13.8. The van der Waals surface area contributed by atoms with Crippen LogP contribution in [0.4, 0.5) is 0 Å². The largest absolute Gasteiger partial charge is 0.497 e. The van der Waals surface area contributed by atoms with Crippen LogP contribution in [-0.2, 0) is 25.0 Å². The van der Waals surface area contributed by atoms with E-state index in [-0.39, 0.29) is 12.0 Å². The first-order chi connectivity index (χ1) is 20.1. The number of ether oxygens (including phenoxy) is 2. The SMILES string of the molecule is COc1ccc(C(c2ccccc2)(c2ccccc2)[C@]2(n3cc(C)c(=O)[nH]c3=O)C[C@H](OP(=O)(O)O)[C@@H](CO)O2)cc1. The zero-order valence-corrected chi connectivity index (χ0v) is 23.8. The van der Waals surface area contributed by atoms with Crippen molar-refractivity contribution in [3.63, 3.8) is 0 Å². The van der Waals surface area contributed by atoms with Crippen molar-refractivity contribution in [2.75, 3.05) is 13.7 Å². The number of rotatable bonds is 9. The summed E-state index contributed by atoms with van der Waals surface area (Å²) in [5, 5.41) is 10.4. The summed E-state index contributed by atoms with van der Waals surface area (Å²) in [6.45, 7) is 0.858. The first kappa shape index (κ1) is 29.7. The fourth-order valence-electron chi connectivity index (χ4n) is 6.02. The number of aliphatic hydroxyl groups excluding tert-OH is 1. The number of methoxy groups -OCH3 is 1. The van der Waals surface area contributed by atoms with Crippen molar-refractivity contribution in [1.29, 1.82) is 0 Å². The maximum atomic E-state index is 13.8. The minimum atomic E-state index is -5.07. The van der Waals surface area contributed by atoms with Crippen molar-refractivity contribution in [2.45, 2.75) is 36.7 Å². The first-order valence-corrected chi connectivity index (χ1v) is 14.7. The summed E-state index contributed by atoms with van der Waals surface area (Å²) in [6.07, 6.45) is -1.55. The van der Waals surface area contributed by atoms with Crippen LogP contribution in [0, 0.1) is 6.92 Å². The highest BCUT2D eigenvalue weighted by atomic mass is 31.2. The number of nitrogens with zero attached hydrogens (tertiary/aromatic N) is 1. The van der Waals surface area contributed by atoms with Crippen molar-refractivity contribution in [1.82, 2.24) is 9.55 Å². The molecule has 1 aromatic heterocycles. The second kappa shape index (κ2) is 11.4. The van der Waals surface area contributed by atoms with Crippen LogP contribution < -0.4 is 16.0 Å². The van der Waals surface area contributed by atoms with Gasteiger partial charge in [-0.1, -0.05) is 72.8 Å². The van der Waals surface area contributed by atoms with Crippen LogP contribution in [0.15, 0.2) is 101 Å². The number of aryl methyl sites for hydroxylation is 1. The second-order valence-electron chi connectivity index (χ2n) is 10.1. The topological polar surface area (TPSA) is 160 Å². The summed E-state index contributed by atoms with van der Waals surface area (Å²) in [5.74, 6) is 0.572. The lowest BCUT2D eigenvalue weighted by atomic mass is 9.61. The molecule has 1 saturated heterocycles. The van der Waals surface area contributed by atoms with Gasteiger partial charge < -0.3 is 24.4 Å². The third-order valence-electron chi connectivity index (χ3n) is 7.72. The number of benzene rings is 3. The summed E-state index contributed by atoms with van der Waals surface area (Å²) in [6, 6.07) is 25.6. The van der Waals surface area contributed by atoms with Crippen molar-refractivity contribution in [2.24, 2.45) is 0 Å². The second-order valence-corrected chi connectivity index (χ2v) is 11.3. The van der Waals surface area contributed by atoms with Gasteiger partial charge in [0.05, 0.1) is 19.1 Å². The highest BCUT2D eigenvalue weighted by Crippen LogP contribution is 2.58. The quantitative estimate of drug-likeness (QED) is 0.169. The van der Waals surface area contributed by atoms with Crippen LogP contribution in [0.25, 0.3) is 0 Å². The van der Waals surface area contributed by atoms with Crippen LogP contribution in [0.5, 0.6) is 5.75 Å². The molecule has 0 spiro atoms. The van der Waals surface area contributed by atoms with E-state index in [0.717, 1.165) is 0 Å². The van der Waals surface area contributed by atoms with E-state index in [4.69, 9.17) is 14.0 Å². The van der Waals surface area contributed by atoms with Gasteiger partial charge in [-0.3, -0.25) is 18.9 Å². The number of phosphoric acid groups is 1. The standard InChI is InChI=1S/C30H31N2O9P/c1-20-18-32(28(35)31-27(20)34)29(17-25(26(19-33)40-29)41-42(36,37)38)30(21-9-5-3-6-10-21,22-11-7-4-8-12-22)23-13-15-24(39-2)16-14-23/h3-16,18,25-26,33H,17,19H2,1-2H3,(H,31,34,35)(H2,36,37,38)/t25-,26+,29-/m0/s1. The average Bonchev–Trinajstić information content (AvgIpc) is 3.34. The third-order valence-corrected chi connectivity index (χ3v) is 8.27. The number of nitrogens with one attached hydrogen (secondary N) is 1. The lowest BCUT2D eigenvalue weighted by Crippen LogP contribution is -2.59. The molecule has 11 nitrogen and oxygen atoms in total. The Morgan fingerprint density at radius 1 is 0.976 bits per heavy atom. The Kier molecular flexibility index (Phi) is 8.08. The van der Waals surface area contributed by atoms with Crippen molar-refractivity contribution < 1.29 is 33.5 Å². The minimum absolute atomic E-state index is 0.197. The first-order valence-electron chi connectivity index (χ1n) is 13.2. The number of aromatic nitrogens is 2. The Balaban J connectivity index is 1.98. The molecule has 0 saturated carbocycles. The van der Waals surface area contributed by atoms with Crippen LogP contribution in [0.2, 0.25) is 0 Å². The minimum Gasteiger partial charge on any atom is -0.497 e. The Hall–Kier alpha value is -3.83. The number of aliphatic hydroxyl groups is 1. The van der Waals surface area contributed by atoms with Crippen molar-refractivity contribution >= 4 is 7.82 Å². The molecule has 3 atom stereocenters. The molecule has 4 aromatic rings. The van der Waals surface area contributed by atoms with E-state index in [1.54, 1.807) is 12.1 Å². The molecule has 0 bridgehead atoms. The van der Waals surface area contributed by atoms with Crippen LogP contribution in [-0.4, -0.2) is 50.4 Å². The molecule has 1 aliphatic heterocycles. The molecule has 5 rings (SSSR count). The molecule has 0 unspecified atom stereocenters. The van der Waals surface area contributed by atoms with E-state index >= 15 is 0 Å². The molecule has 3 aromatic carbocycles. The summed E-state index contributed by atoms with van der Waals surface area (Å²) in [5.41, 5.74) is -2.53. The van der Waals surface area contributed by atoms with E-state index in [0.29, 0.717) is 22.4 Å². The van der Waals surface area contributed by atoms with Gasteiger partial charge >= 0.3 is 13.5 Å². The monoisotopic (exact) mass is 594 g/mol. The van der Waals surface area contributed by atoms with E-state index < -0.39 is 49.0 Å². The zero-order chi connectivity index (χ0) is 30.1. The molecule has 220 valence electrons. The Labute approximate surface area is 241 Å². The molecule has 42 heavy (non-hydrogen) atoms. The molecule has 12 heteroatoms. The molecular formula is C30H31N2O9P. The lowest BCUT2D eigenvalue weighted by molar-refractivity contribution is -0.147. The number of hydrogen-bond donors (Lipinski definition) is 4. The Bertz CT molecular complexity index is 1660. The lowest BCUT2D eigenvalue weighted by Gasteiger charge is -2.50. The van der Waals surface area contributed by atoms with E-state index in [1.807, 2.05) is 72.8 Å². The van der Waals surface area contributed by atoms with Gasteiger partial charge in [0.25, 0.3) is 5.56 Å². The van der Waals surface area contributed by atoms with E-state index in [9.17, 15) is 29.0 Å². The molecule has 2 heterocycles. The molecule has 0 aliphatic carbocycles. The van der Waals surface area contributed by atoms with E-state index in [1.165, 1.54) is 24.8 Å². The molecular weight excluding hydrogens is 563 g/mol.